The average molecular weight is 258 g/mol. The van der Waals surface area contributed by atoms with Crippen molar-refractivity contribution in [1.29, 1.82) is 0 Å². The number of ether oxygens (including phenoxy) is 1. The number of carbonyl (C=O) groups is 1. The molecule has 0 fully saturated rings. The third kappa shape index (κ3) is 6.10. The van der Waals surface area contributed by atoms with Gasteiger partial charge in [0.05, 0.1) is 5.56 Å². The molecule has 19 heavy (non-hydrogen) atoms. The van der Waals surface area contributed by atoms with Gasteiger partial charge in [-0.25, -0.2) is 4.79 Å². The Balaban J connectivity index is 2.57. The highest BCUT2D eigenvalue weighted by atomic mass is 16.5. The summed E-state index contributed by atoms with van der Waals surface area (Å²) in [4.78, 5) is 11.9. The Hall–Kier alpha value is -1.75. The van der Waals surface area contributed by atoms with Gasteiger partial charge < -0.3 is 4.74 Å². The lowest BCUT2D eigenvalue weighted by molar-refractivity contribution is 0.0396. The first kappa shape index (κ1) is 15.3. The third-order valence-corrected chi connectivity index (χ3v) is 2.73. The average Bonchev–Trinajstić information content (AvgIpc) is 2.44. The summed E-state index contributed by atoms with van der Waals surface area (Å²) < 4.78 is 5.44. The van der Waals surface area contributed by atoms with E-state index in [0.29, 0.717) is 5.56 Å². The molecule has 0 radical (unpaired) electrons. The van der Waals surface area contributed by atoms with E-state index in [2.05, 4.69) is 25.7 Å². The van der Waals surface area contributed by atoms with Gasteiger partial charge >= 0.3 is 5.97 Å². The molecular weight excluding hydrogens is 236 g/mol. The zero-order valence-electron chi connectivity index (χ0n) is 11.8. The Kier molecular flexibility index (Phi) is 7.43. The Morgan fingerprint density at radius 1 is 1.21 bits per heavy atom. The fourth-order valence-corrected chi connectivity index (χ4v) is 1.65. The Morgan fingerprint density at radius 2 is 1.95 bits per heavy atom. The molecule has 0 bridgehead atoms. The van der Waals surface area contributed by atoms with E-state index in [1.54, 1.807) is 12.1 Å². The smallest absolute Gasteiger partial charge is 0.339 e. The van der Waals surface area contributed by atoms with Crippen LogP contribution in [0.5, 0.6) is 0 Å². The van der Waals surface area contributed by atoms with Crippen LogP contribution in [0, 0.1) is 11.8 Å². The molecule has 0 aliphatic rings. The van der Waals surface area contributed by atoms with Crippen molar-refractivity contribution in [2.24, 2.45) is 0 Å². The van der Waals surface area contributed by atoms with Crippen LogP contribution in [0.1, 0.15) is 56.3 Å². The Morgan fingerprint density at radius 3 is 2.58 bits per heavy atom. The molecule has 0 aliphatic heterocycles. The minimum atomic E-state index is -0.288. The minimum absolute atomic E-state index is 0.283. The van der Waals surface area contributed by atoms with Crippen LogP contribution in [-0.2, 0) is 4.74 Å². The first-order valence-corrected chi connectivity index (χ1v) is 7.02. The van der Waals surface area contributed by atoms with Crippen molar-refractivity contribution in [3.8, 4) is 11.8 Å². The summed E-state index contributed by atoms with van der Waals surface area (Å²) >= 11 is 0. The van der Waals surface area contributed by atoms with Gasteiger partial charge in [-0.3, -0.25) is 0 Å². The van der Waals surface area contributed by atoms with Gasteiger partial charge in [0.2, 0.25) is 0 Å². The Labute approximate surface area is 116 Å². The van der Waals surface area contributed by atoms with Crippen LogP contribution in [0.15, 0.2) is 30.3 Å². The van der Waals surface area contributed by atoms with E-state index in [0.717, 1.165) is 32.1 Å². The van der Waals surface area contributed by atoms with E-state index in [1.165, 1.54) is 0 Å². The van der Waals surface area contributed by atoms with E-state index >= 15 is 0 Å². The first-order chi connectivity index (χ1) is 9.27. The molecule has 1 aromatic carbocycles. The van der Waals surface area contributed by atoms with Crippen molar-refractivity contribution < 1.29 is 9.53 Å². The summed E-state index contributed by atoms with van der Waals surface area (Å²) in [6.45, 7) is 4.21. The van der Waals surface area contributed by atoms with Crippen molar-refractivity contribution in [2.45, 2.75) is 52.1 Å². The number of esters is 1. The fraction of sp³-hybridized carbons (Fsp3) is 0.471. The molecule has 2 heteroatoms. The number of hydrogen-bond acceptors (Lipinski definition) is 2. The number of unbranched alkanes of at least 4 members (excludes halogenated alkanes) is 2. The Bertz CT molecular complexity index is 426. The molecule has 0 spiro atoms. The second kappa shape index (κ2) is 9.22. The molecule has 0 saturated carbocycles. The van der Waals surface area contributed by atoms with Crippen molar-refractivity contribution in [3.63, 3.8) is 0 Å². The highest BCUT2D eigenvalue weighted by Crippen LogP contribution is 2.07. The third-order valence-electron chi connectivity index (χ3n) is 2.73. The number of rotatable bonds is 6. The zero-order valence-corrected chi connectivity index (χ0v) is 11.8. The van der Waals surface area contributed by atoms with Crippen LogP contribution < -0.4 is 0 Å². The van der Waals surface area contributed by atoms with E-state index < -0.39 is 0 Å². The van der Waals surface area contributed by atoms with Crippen molar-refractivity contribution >= 4 is 5.97 Å². The molecule has 0 N–H and O–H groups in total. The van der Waals surface area contributed by atoms with Crippen molar-refractivity contribution in [3.05, 3.63) is 35.9 Å². The maximum atomic E-state index is 11.9. The number of benzene rings is 1. The van der Waals surface area contributed by atoms with Crippen molar-refractivity contribution in [1.82, 2.24) is 0 Å². The lowest BCUT2D eigenvalue weighted by Crippen LogP contribution is -2.16. The summed E-state index contributed by atoms with van der Waals surface area (Å²) in [6.07, 6.45) is 4.57. The summed E-state index contributed by atoms with van der Waals surface area (Å²) in [5.74, 6) is 5.88. The topological polar surface area (TPSA) is 26.3 Å². The lowest BCUT2D eigenvalue weighted by Gasteiger charge is -2.11. The molecule has 1 rings (SSSR count). The van der Waals surface area contributed by atoms with Gasteiger partial charge in [-0.15, -0.1) is 0 Å². The normalized spacial score (nSPS) is 11.3. The van der Waals surface area contributed by atoms with Gasteiger partial charge in [-0.05, 0) is 25.0 Å². The van der Waals surface area contributed by atoms with Crippen LogP contribution in [0.4, 0.5) is 0 Å². The van der Waals surface area contributed by atoms with Gasteiger partial charge in [0.25, 0.3) is 0 Å². The molecule has 0 aliphatic carbocycles. The van der Waals surface area contributed by atoms with Gasteiger partial charge in [0.15, 0.2) is 6.10 Å². The molecule has 0 aromatic heterocycles. The summed E-state index contributed by atoms with van der Waals surface area (Å²) in [7, 11) is 0. The first-order valence-electron chi connectivity index (χ1n) is 7.02. The summed E-state index contributed by atoms with van der Waals surface area (Å²) in [5, 5.41) is 0. The second-order valence-electron chi connectivity index (χ2n) is 4.47. The van der Waals surface area contributed by atoms with E-state index in [4.69, 9.17) is 4.74 Å². The quantitative estimate of drug-likeness (QED) is 0.434. The van der Waals surface area contributed by atoms with E-state index in [1.807, 2.05) is 18.2 Å². The van der Waals surface area contributed by atoms with Crippen LogP contribution >= 0.6 is 0 Å². The van der Waals surface area contributed by atoms with Crippen LogP contribution in [-0.4, -0.2) is 12.1 Å². The molecule has 0 saturated heterocycles. The van der Waals surface area contributed by atoms with E-state index in [-0.39, 0.29) is 12.1 Å². The number of hydrogen-bond donors (Lipinski definition) is 0. The highest BCUT2D eigenvalue weighted by molar-refractivity contribution is 5.89. The molecule has 0 heterocycles. The monoisotopic (exact) mass is 258 g/mol. The predicted octanol–water partition coefficient (Wildman–Crippen LogP) is 4.21. The SMILES string of the molecule is CCCCC#CC(CCC)OC(=O)c1ccccc1. The largest absolute Gasteiger partial charge is 0.446 e. The van der Waals surface area contributed by atoms with Gasteiger partial charge in [-0.1, -0.05) is 56.7 Å². The summed E-state index contributed by atoms with van der Waals surface area (Å²) in [5.41, 5.74) is 0.582. The van der Waals surface area contributed by atoms with Crippen molar-refractivity contribution in [2.75, 3.05) is 0 Å². The van der Waals surface area contributed by atoms with Crippen LogP contribution in [0.2, 0.25) is 0 Å². The zero-order chi connectivity index (χ0) is 13.9. The van der Waals surface area contributed by atoms with Crippen LogP contribution in [0.25, 0.3) is 0 Å². The summed E-state index contributed by atoms with van der Waals surface area (Å²) in [6, 6.07) is 9.06. The number of carbonyl (C=O) groups excluding carboxylic acids is 1. The fourth-order valence-electron chi connectivity index (χ4n) is 1.65. The van der Waals surface area contributed by atoms with Gasteiger partial charge in [0.1, 0.15) is 0 Å². The minimum Gasteiger partial charge on any atom is -0.446 e. The molecule has 1 aromatic rings. The van der Waals surface area contributed by atoms with Crippen LogP contribution in [0.3, 0.4) is 0 Å². The second-order valence-corrected chi connectivity index (χ2v) is 4.47. The standard InChI is InChI=1S/C17H22O2/c1-3-5-6-10-14-16(11-4-2)19-17(18)15-12-8-7-9-13-15/h7-9,12-13,16H,3-6,11H2,1-2H3. The molecule has 2 nitrogen and oxygen atoms in total. The lowest BCUT2D eigenvalue weighted by atomic mass is 10.2. The maximum Gasteiger partial charge on any atom is 0.339 e. The van der Waals surface area contributed by atoms with Gasteiger partial charge in [-0.2, -0.15) is 0 Å². The van der Waals surface area contributed by atoms with Gasteiger partial charge in [0, 0.05) is 6.42 Å². The van der Waals surface area contributed by atoms with E-state index in [9.17, 15) is 4.79 Å². The molecule has 1 unspecified atom stereocenters. The molecular formula is C17H22O2. The maximum absolute atomic E-state index is 11.9. The molecule has 1 atom stereocenters. The molecule has 0 amide bonds. The predicted molar refractivity (Wildman–Crippen MR) is 77.9 cm³/mol. The highest BCUT2D eigenvalue weighted by Gasteiger charge is 2.12. The molecule has 102 valence electrons.